The molecule has 1 aliphatic rings. The number of aromatic nitrogens is 6. The van der Waals surface area contributed by atoms with E-state index in [9.17, 15) is 26.3 Å². The van der Waals surface area contributed by atoms with Crippen LogP contribution in [0.4, 0.5) is 32.3 Å². The van der Waals surface area contributed by atoms with Crippen LogP contribution in [0.5, 0.6) is 0 Å². The fourth-order valence-corrected chi connectivity index (χ4v) is 3.47. The maximum atomic E-state index is 14.7. The molecule has 0 unspecified atom stereocenters. The summed E-state index contributed by atoms with van der Waals surface area (Å²) in [7, 11) is 0. The Bertz CT molecular complexity index is 1370. The van der Waals surface area contributed by atoms with Gasteiger partial charge in [-0.25, -0.2) is 24.0 Å². The molecule has 0 saturated carbocycles. The fourth-order valence-electron chi connectivity index (χ4n) is 3.47. The van der Waals surface area contributed by atoms with E-state index in [1.54, 1.807) is 13.8 Å². The van der Waals surface area contributed by atoms with Gasteiger partial charge in [-0.1, -0.05) is 0 Å². The zero-order valence-corrected chi connectivity index (χ0v) is 19.7. The quantitative estimate of drug-likeness (QED) is 0.349. The first-order valence-electron chi connectivity index (χ1n) is 11.0. The molecule has 8 nitrogen and oxygen atoms in total. The first-order chi connectivity index (χ1) is 17.5. The van der Waals surface area contributed by atoms with E-state index in [2.05, 4.69) is 25.0 Å². The van der Waals surface area contributed by atoms with Crippen LogP contribution in [0.2, 0.25) is 0 Å². The van der Waals surface area contributed by atoms with Crippen molar-refractivity contribution in [2.75, 3.05) is 31.2 Å². The average Bonchev–Trinajstić information content (AvgIpc) is 3.40. The van der Waals surface area contributed by atoms with Crippen LogP contribution in [0.25, 0.3) is 22.4 Å². The largest absolute Gasteiger partial charge is 0.416 e. The summed E-state index contributed by atoms with van der Waals surface area (Å²) in [4.78, 5) is 19.6. The molecule has 3 aromatic heterocycles. The molecule has 0 bridgehead atoms. The second-order valence-corrected chi connectivity index (χ2v) is 7.99. The molecule has 0 radical (unpaired) electrons. The van der Waals surface area contributed by atoms with E-state index in [0.717, 1.165) is 12.1 Å². The molecule has 5 rings (SSSR count). The Morgan fingerprint density at radius 2 is 1.68 bits per heavy atom. The Balaban J connectivity index is 0.000000342. The second-order valence-electron chi connectivity index (χ2n) is 7.99. The lowest BCUT2D eigenvalue weighted by Gasteiger charge is -2.27. The Hall–Kier alpha value is -3.81. The summed E-state index contributed by atoms with van der Waals surface area (Å²) in [5.74, 6) is -0.722. The van der Waals surface area contributed by atoms with Gasteiger partial charge >= 0.3 is 12.7 Å². The van der Waals surface area contributed by atoms with Crippen LogP contribution in [0.15, 0.2) is 36.7 Å². The van der Waals surface area contributed by atoms with Crippen molar-refractivity contribution in [2.24, 2.45) is 0 Å². The Kier molecular flexibility index (Phi) is 7.57. The number of morpholine rings is 1. The molecule has 1 aromatic carbocycles. The minimum Gasteiger partial charge on any atom is -0.378 e. The van der Waals surface area contributed by atoms with E-state index >= 15 is 0 Å². The number of ether oxygens (including phenoxy) is 1. The highest BCUT2D eigenvalue weighted by Crippen LogP contribution is 2.34. The SMILES string of the molecule is Cc1nc2nc(N3CCOCC3)nc(-c3ccc(C(F)(F)F)cc3F)c2nc1C.FC(F)n1cccn1. The predicted molar refractivity (Wildman–Crippen MR) is 122 cm³/mol. The number of rotatable bonds is 3. The number of fused-ring (bicyclic) bond motifs is 1. The Morgan fingerprint density at radius 3 is 2.24 bits per heavy atom. The van der Waals surface area contributed by atoms with Gasteiger partial charge in [0.1, 0.15) is 17.0 Å². The van der Waals surface area contributed by atoms with Crippen LogP contribution >= 0.6 is 0 Å². The van der Waals surface area contributed by atoms with E-state index in [-0.39, 0.29) is 22.4 Å². The molecule has 196 valence electrons. The summed E-state index contributed by atoms with van der Waals surface area (Å²) < 4.78 is 82.4. The molecule has 4 aromatic rings. The standard InChI is InChI=1S/C19H17F4N5O.C4H4F2N2/c1-10-11(2)25-17-16(24-10)15(26-18(27-17)28-5-7-29-8-6-28)13-4-3-12(9-14(13)20)19(21,22)23;5-4(6)8-3-1-2-7-8/h3-4,9H,5-8H2,1-2H3;1-4H. The summed E-state index contributed by atoms with van der Waals surface area (Å²) in [6, 6.07) is 3.81. The van der Waals surface area contributed by atoms with Crippen LogP contribution in [-0.4, -0.2) is 56.0 Å². The molecule has 0 N–H and O–H groups in total. The Morgan fingerprint density at radius 1 is 0.973 bits per heavy atom. The van der Waals surface area contributed by atoms with Gasteiger partial charge in [-0.05, 0) is 38.1 Å². The minimum absolute atomic E-state index is 0.0857. The predicted octanol–water partition coefficient (Wildman–Crippen LogP) is 4.98. The molecule has 0 amide bonds. The third-order valence-electron chi connectivity index (χ3n) is 5.50. The molecule has 4 heterocycles. The van der Waals surface area contributed by atoms with Crippen molar-refractivity contribution in [3.05, 3.63) is 59.4 Å². The number of aryl methyl sites for hydroxylation is 2. The van der Waals surface area contributed by atoms with E-state index < -0.39 is 24.1 Å². The van der Waals surface area contributed by atoms with Crippen molar-refractivity contribution in [3.8, 4) is 11.3 Å². The number of alkyl halides is 5. The smallest absolute Gasteiger partial charge is 0.378 e. The lowest BCUT2D eigenvalue weighted by molar-refractivity contribution is -0.137. The maximum absolute atomic E-state index is 14.7. The highest BCUT2D eigenvalue weighted by Gasteiger charge is 2.32. The zero-order chi connectivity index (χ0) is 26.7. The lowest BCUT2D eigenvalue weighted by atomic mass is 10.1. The molecule has 1 aliphatic heterocycles. The maximum Gasteiger partial charge on any atom is 0.416 e. The summed E-state index contributed by atoms with van der Waals surface area (Å²) in [6.07, 6.45) is -2.11. The molecule has 1 fully saturated rings. The van der Waals surface area contributed by atoms with Gasteiger partial charge in [-0.2, -0.15) is 32.0 Å². The normalized spacial score (nSPS) is 14.1. The third kappa shape index (κ3) is 5.96. The molecular weight excluding hydrogens is 504 g/mol. The molecule has 37 heavy (non-hydrogen) atoms. The van der Waals surface area contributed by atoms with Gasteiger partial charge in [0.15, 0.2) is 5.65 Å². The van der Waals surface area contributed by atoms with Crippen molar-refractivity contribution in [2.45, 2.75) is 26.6 Å². The average molecular weight is 525 g/mol. The first-order valence-corrected chi connectivity index (χ1v) is 11.0. The van der Waals surface area contributed by atoms with Crippen molar-refractivity contribution in [1.29, 1.82) is 0 Å². The van der Waals surface area contributed by atoms with E-state index in [4.69, 9.17) is 4.74 Å². The van der Waals surface area contributed by atoms with Gasteiger partial charge in [0.2, 0.25) is 5.95 Å². The number of benzene rings is 1. The van der Waals surface area contributed by atoms with Crippen molar-refractivity contribution in [1.82, 2.24) is 29.7 Å². The van der Waals surface area contributed by atoms with Crippen LogP contribution in [0.3, 0.4) is 0 Å². The van der Waals surface area contributed by atoms with Crippen LogP contribution < -0.4 is 4.90 Å². The molecule has 0 atom stereocenters. The van der Waals surface area contributed by atoms with E-state index in [0.29, 0.717) is 54.4 Å². The molecule has 1 saturated heterocycles. The van der Waals surface area contributed by atoms with Crippen molar-refractivity contribution in [3.63, 3.8) is 0 Å². The molecular formula is C23H21F6N7O. The lowest BCUT2D eigenvalue weighted by Crippen LogP contribution is -2.37. The summed E-state index contributed by atoms with van der Waals surface area (Å²) >= 11 is 0. The first kappa shape index (κ1) is 26.3. The number of halogens is 6. The summed E-state index contributed by atoms with van der Waals surface area (Å²) in [5.41, 5.74) is 0.721. The number of hydrogen-bond donors (Lipinski definition) is 0. The second kappa shape index (κ2) is 10.7. The van der Waals surface area contributed by atoms with Crippen molar-refractivity contribution < 1.29 is 31.1 Å². The fraction of sp³-hybridized carbons (Fsp3) is 0.348. The third-order valence-corrected chi connectivity index (χ3v) is 5.50. The minimum atomic E-state index is -4.64. The van der Waals surface area contributed by atoms with Gasteiger partial charge in [0.05, 0.1) is 30.2 Å². The highest BCUT2D eigenvalue weighted by molar-refractivity contribution is 5.88. The summed E-state index contributed by atoms with van der Waals surface area (Å²) in [5, 5.41) is 3.28. The topological polar surface area (TPSA) is 81.9 Å². The highest BCUT2D eigenvalue weighted by atomic mass is 19.4. The van der Waals surface area contributed by atoms with Gasteiger partial charge in [0.25, 0.3) is 0 Å². The van der Waals surface area contributed by atoms with Crippen LogP contribution in [0, 0.1) is 19.7 Å². The zero-order valence-electron chi connectivity index (χ0n) is 19.7. The van der Waals surface area contributed by atoms with Crippen LogP contribution in [0.1, 0.15) is 23.5 Å². The Labute approximate surface area is 206 Å². The number of hydrogen-bond acceptors (Lipinski definition) is 7. The monoisotopic (exact) mass is 525 g/mol. The van der Waals surface area contributed by atoms with Crippen molar-refractivity contribution >= 4 is 17.1 Å². The van der Waals surface area contributed by atoms with Gasteiger partial charge < -0.3 is 9.64 Å². The molecule has 0 aliphatic carbocycles. The summed E-state index contributed by atoms with van der Waals surface area (Å²) in [6.45, 7) is 3.07. The van der Waals surface area contributed by atoms with Gasteiger partial charge in [-0.15, -0.1) is 0 Å². The number of nitrogens with zero attached hydrogens (tertiary/aromatic N) is 7. The molecule has 14 heteroatoms. The molecule has 0 spiro atoms. The van der Waals surface area contributed by atoms with E-state index in [1.807, 2.05) is 4.90 Å². The van der Waals surface area contributed by atoms with Gasteiger partial charge in [0, 0.05) is 31.0 Å². The van der Waals surface area contributed by atoms with Gasteiger partial charge in [-0.3, -0.25) is 0 Å². The van der Waals surface area contributed by atoms with E-state index in [1.165, 1.54) is 18.5 Å². The van der Waals surface area contributed by atoms with Crippen LogP contribution in [-0.2, 0) is 10.9 Å². The number of anilines is 1.